The number of hydrazine groups is 1. The predicted octanol–water partition coefficient (Wildman–Crippen LogP) is 0.205. The number of para-hydroxylation sites is 1. The maximum absolute atomic E-state index is 11.7. The fourth-order valence-electron chi connectivity index (χ4n) is 1.93. The lowest BCUT2D eigenvalue weighted by molar-refractivity contribution is 0.493. The summed E-state index contributed by atoms with van der Waals surface area (Å²) in [6.07, 6.45) is 2.69. The van der Waals surface area contributed by atoms with Crippen LogP contribution >= 0.6 is 0 Å². The molecule has 8 heteroatoms. The standard InChI is InChI=1S/C12H17N5O2S/c1-9(20(2,18)19)12(15-13)11-8-14-16-17(11)10-6-4-3-5-7-10/h3-9,12,15H,13H2,1-2H3. The minimum Gasteiger partial charge on any atom is -0.271 e. The fraction of sp³-hybridized carbons (Fsp3) is 0.333. The van der Waals surface area contributed by atoms with Gasteiger partial charge in [0.05, 0.1) is 28.9 Å². The first-order valence-corrected chi connectivity index (χ1v) is 8.01. The number of nitrogens with zero attached hydrogens (tertiary/aromatic N) is 3. The molecule has 108 valence electrons. The van der Waals surface area contributed by atoms with Crippen LogP contribution in [0, 0.1) is 0 Å². The Bertz CT molecular complexity index is 668. The monoisotopic (exact) mass is 295 g/mol. The van der Waals surface area contributed by atoms with Gasteiger partial charge in [-0.05, 0) is 19.1 Å². The molecule has 1 aromatic heterocycles. The van der Waals surface area contributed by atoms with E-state index < -0.39 is 21.1 Å². The number of benzene rings is 1. The Morgan fingerprint density at radius 3 is 2.50 bits per heavy atom. The molecule has 0 radical (unpaired) electrons. The van der Waals surface area contributed by atoms with Crippen molar-refractivity contribution in [1.29, 1.82) is 0 Å². The maximum atomic E-state index is 11.7. The van der Waals surface area contributed by atoms with E-state index in [0.29, 0.717) is 5.69 Å². The molecule has 2 rings (SSSR count). The van der Waals surface area contributed by atoms with Crippen molar-refractivity contribution in [2.24, 2.45) is 5.84 Å². The van der Waals surface area contributed by atoms with Crippen molar-refractivity contribution < 1.29 is 8.42 Å². The molecule has 2 atom stereocenters. The van der Waals surface area contributed by atoms with Crippen molar-refractivity contribution in [3.8, 4) is 5.69 Å². The van der Waals surface area contributed by atoms with Crippen molar-refractivity contribution in [2.75, 3.05) is 6.26 Å². The third-order valence-electron chi connectivity index (χ3n) is 3.22. The van der Waals surface area contributed by atoms with Crippen LogP contribution in [0.2, 0.25) is 0 Å². The molecular formula is C12H17N5O2S. The second kappa shape index (κ2) is 5.70. The van der Waals surface area contributed by atoms with Crippen LogP contribution in [0.3, 0.4) is 0 Å². The number of aromatic nitrogens is 3. The Kier molecular flexibility index (Phi) is 4.17. The van der Waals surface area contributed by atoms with Crippen LogP contribution in [-0.2, 0) is 9.84 Å². The zero-order valence-corrected chi connectivity index (χ0v) is 12.1. The van der Waals surface area contributed by atoms with E-state index in [9.17, 15) is 8.42 Å². The van der Waals surface area contributed by atoms with Crippen LogP contribution < -0.4 is 11.3 Å². The minimum atomic E-state index is -3.25. The average Bonchev–Trinajstić information content (AvgIpc) is 2.89. The van der Waals surface area contributed by atoms with E-state index in [4.69, 9.17) is 5.84 Å². The first-order valence-electron chi connectivity index (χ1n) is 6.06. The van der Waals surface area contributed by atoms with Gasteiger partial charge >= 0.3 is 0 Å². The highest BCUT2D eigenvalue weighted by Crippen LogP contribution is 2.22. The molecule has 3 N–H and O–H groups in total. The molecule has 0 bridgehead atoms. The number of sulfone groups is 1. The molecule has 7 nitrogen and oxygen atoms in total. The van der Waals surface area contributed by atoms with Gasteiger partial charge in [0.15, 0.2) is 9.84 Å². The summed E-state index contributed by atoms with van der Waals surface area (Å²) < 4.78 is 25.0. The SMILES string of the molecule is CC(C(NN)c1cnnn1-c1ccccc1)S(C)(=O)=O. The lowest BCUT2D eigenvalue weighted by Gasteiger charge is -2.22. The third kappa shape index (κ3) is 2.87. The Hall–Kier alpha value is -1.77. The van der Waals surface area contributed by atoms with E-state index in [0.717, 1.165) is 5.69 Å². The summed E-state index contributed by atoms with van der Waals surface area (Å²) >= 11 is 0. The van der Waals surface area contributed by atoms with Gasteiger partial charge in [-0.2, -0.15) is 0 Å². The molecule has 1 heterocycles. The Morgan fingerprint density at radius 1 is 1.30 bits per heavy atom. The average molecular weight is 295 g/mol. The summed E-state index contributed by atoms with van der Waals surface area (Å²) in [5, 5.41) is 7.15. The molecule has 0 saturated heterocycles. The summed E-state index contributed by atoms with van der Waals surface area (Å²) in [6.45, 7) is 1.60. The molecule has 0 saturated carbocycles. The van der Waals surface area contributed by atoms with E-state index >= 15 is 0 Å². The first-order chi connectivity index (χ1) is 9.45. The van der Waals surface area contributed by atoms with Gasteiger partial charge in [-0.3, -0.25) is 11.3 Å². The van der Waals surface area contributed by atoms with Gasteiger partial charge < -0.3 is 0 Å². The van der Waals surface area contributed by atoms with E-state index in [-0.39, 0.29) is 0 Å². The van der Waals surface area contributed by atoms with Gasteiger partial charge in [0.25, 0.3) is 0 Å². The van der Waals surface area contributed by atoms with Crippen molar-refractivity contribution in [1.82, 2.24) is 20.4 Å². The summed E-state index contributed by atoms with van der Waals surface area (Å²) in [4.78, 5) is 0. The van der Waals surface area contributed by atoms with Crippen LogP contribution in [0.15, 0.2) is 36.5 Å². The summed E-state index contributed by atoms with van der Waals surface area (Å²) in [6, 6.07) is 8.74. The maximum Gasteiger partial charge on any atom is 0.152 e. The number of nitrogens with one attached hydrogen (secondary N) is 1. The molecular weight excluding hydrogens is 278 g/mol. The zero-order chi connectivity index (χ0) is 14.8. The first kappa shape index (κ1) is 14.6. The van der Waals surface area contributed by atoms with E-state index in [2.05, 4.69) is 15.7 Å². The molecule has 0 amide bonds. The normalized spacial score (nSPS) is 14.9. The number of hydrogen-bond acceptors (Lipinski definition) is 6. The third-order valence-corrected chi connectivity index (χ3v) is 4.84. The Labute approximate surface area is 117 Å². The molecule has 0 fully saturated rings. The van der Waals surface area contributed by atoms with Crippen LogP contribution in [0.1, 0.15) is 18.7 Å². The molecule has 0 aliphatic carbocycles. The molecule has 20 heavy (non-hydrogen) atoms. The van der Waals surface area contributed by atoms with Gasteiger partial charge in [0.2, 0.25) is 0 Å². The lowest BCUT2D eigenvalue weighted by Crippen LogP contribution is -2.40. The Morgan fingerprint density at radius 2 is 1.95 bits per heavy atom. The fourth-order valence-corrected chi connectivity index (χ4v) is 2.65. The topological polar surface area (TPSA) is 103 Å². The highest BCUT2D eigenvalue weighted by molar-refractivity contribution is 7.91. The van der Waals surface area contributed by atoms with Crippen LogP contribution in [-0.4, -0.2) is 34.9 Å². The van der Waals surface area contributed by atoms with Gasteiger partial charge in [0, 0.05) is 6.26 Å². The van der Waals surface area contributed by atoms with Gasteiger partial charge in [0.1, 0.15) is 0 Å². The zero-order valence-electron chi connectivity index (χ0n) is 11.3. The summed E-state index contributed by atoms with van der Waals surface area (Å²) in [7, 11) is -3.25. The van der Waals surface area contributed by atoms with E-state index in [1.54, 1.807) is 11.6 Å². The number of rotatable bonds is 5. The quantitative estimate of drug-likeness (QED) is 0.603. The van der Waals surface area contributed by atoms with Crippen LogP contribution in [0.25, 0.3) is 5.69 Å². The summed E-state index contributed by atoms with van der Waals surface area (Å²) in [5.74, 6) is 5.53. The molecule has 0 aliphatic heterocycles. The van der Waals surface area contributed by atoms with Gasteiger partial charge in [-0.15, -0.1) is 5.10 Å². The Balaban J connectivity index is 2.45. The number of nitrogens with two attached hydrogens (primary N) is 1. The van der Waals surface area contributed by atoms with Crippen LogP contribution in [0.4, 0.5) is 0 Å². The molecule has 2 aromatic rings. The predicted molar refractivity (Wildman–Crippen MR) is 75.7 cm³/mol. The van der Waals surface area contributed by atoms with E-state index in [1.807, 2.05) is 30.3 Å². The highest BCUT2D eigenvalue weighted by atomic mass is 32.2. The highest BCUT2D eigenvalue weighted by Gasteiger charge is 2.29. The van der Waals surface area contributed by atoms with E-state index in [1.165, 1.54) is 12.5 Å². The van der Waals surface area contributed by atoms with Crippen LogP contribution in [0.5, 0.6) is 0 Å². The second-order valence-corrected chi connectivity index (χ2v) is 6.99. The minimum absolute atomic E-state index is 0.594. The van der Waals surface area contributed by atoms with Crippen molar-refractivity contribution in [3.05, 3.63) is 42.2 Å². The lowest BCUT2D eigenvalue weighted by atomic mass is 10.1. The molecule has 0 aliphatic rings. The smallest absolute Gasteiger partial charge is 0.152 e. The molecule has 2 unspecified atom stereocenters. The molecule has 1 aromatic carbocycles. The van der Waals surface area contributed by atoms with Gasteiger partial charge in [-0.1, -0.05) is 23.4 Å². The van der Waals surface area contributed by atoms with Gasteiger partial charge in [-0.25, -0.2) is 13.1 Å². The van der Waals surface area contributed by atoms with Crippen molar-refractivity contribution in [2.45, 2.75) is 18.2 Å². The largest absolute Gasteiger partial charge is 0.271 e. The second-order valence-electron chi connectivity index (χ2n) is 4.59. The molecule has 0 spiro atoms. The summed E-state index contributed by atoms with van der Waals surface area (Å²) in [5.41, 5.74) is 3.93. The van der Waals surface area contributed by atoms with Crippen molar-refractivity contribution in [3.63, 3.8) is 0 Å². The number of hydrogen-bond donors (Lipinski definition) is 2. The van der Waals surface area contributed by atoms with Crippen molar-refractivity contribution >= 4 is 9.84 Å².